The summed E-state index contributed by atoms with van der Waals surface area (Å²) < 4.78 is 0. The molecule has 2 amide bonds. The summed E-state index contributed by atoms with van der Waals surface area (Å²) in [6, 6.07) is 11.3. The van der Waals surface area contributed by atoms with Crippen LogP contribution in [0.4, 0.5) is 11.4 Å². The van der Waals surface area contributed by atoms with E-state index in [0.717, 1.165) is 24.0 Å². The van der Waals surface area contributed by atoms with Crippen LogP contribution in [-0.2, 0) is 9.59 Å². The lowest BCUT2D eigenvalue weighted by molar-refractivity contribution is -0.384. The van der Waals surface area contributed by atoms with Crippen LogP contribution in [0.3, 0.4) is 0 Å². The van der Waals surface area contributed by atoms with Crippen molar-refractivity contribution in [1.29, 1.82) is 0 Å². The Balaban J connectivity index is 1.83. The summed E-state index contributed by atoms with van der Waals surface area (Å²) in [5.74, 6) is -0.838. The van der Waals surface area contributed by atoms with Gasteiger partial charge in [0.15, 0.2) is 0 Å². The Hall–Kier alpha value is -3.52. The molecule has 0 radical (unpaired) electrons. The first kappa shape index (κ1) is 21.7. The van der Waals surface area contributed by atoms with Crippen molar-refractivity contribution in [2.75, 3.05) is 24.6 Å². The number of nitro groups is 1. The Kier molecular flexibility index (Phi) is 5.80. The van der Waals surface area contributed by atoms with E-state index in [9.17, 15) is 24.8 Å². The highest BCUT2D eigenvalue weighted by atomic mass is 16.6. The fourth-order valence-electron chi connectivity index (χ4n) is 4.55. The van der Waals surface area contributed by atoms with E-state index in [4.69, 9.17) is 0 Å². The van der Waals surface area contributed by atoms with Gasteiger partial charge in [-0.05, 0) is 73.6 Å². The molecule has 2 aliphatic heterocycles. The van der Waals surface area contributed by atoms with Gasteiger partial charge in [0.05, 0.1) is 16.2 Å². The minimum atomic E-state index is -0.501. The number of nitrogens with zero attached hydrogens (tertiary/aromatic N) is 3. The molecule has 0 bridgehead atoms. The molecule has 0 saturated carbocycles. The zero-order chi connectivity index (χ0) is 23.0. The number of carbonyl (C=O) groups excluding carboxylic acids is 2. The number of hydrogen-bond acceptors (Lipinski definition) is 6. The van der Waals surface area contributed by atoms with Crippen molar-refractivity contribution in [3.8, 4) is 0 Å². The fraction of sp³-hybridized carbons (Fsp3) is 0.333. The molecule has 2 aliphatic rings. The second-order valence-electron chi connectivity index (χ2n) is 8.46. The van der Waals surface area contributed by atoms with Gasteiger partial charge in [0.2, 0.25) is 0 Å². The number of non-ortho nitro benzene ring substituents is 1. The molecule has 4 rings (SSSR count). The standard InChI is InChI=1S/C24H25N3O5/c1-15-10-16(2)12-20(11-15)26-23(29)21(18-5-7-19(8-6-18)27(31)32)22(24(26)30)25-9-3-4-17(13-25)14-28/h5-8,10-12,17,28H,3-4,9,13-14H2,1-2H3. The molecule has 8 nitrogen and oxygen atoms in total. The number of anilines is 1. The molecule has 0 aromatic heterocycles. The molecule has 0 spiro atoms. The lowest BCUT2D eigenvalue weighted by Gasteiger charge is -2.34. The largest absolute Gasteiger partial charge is 0.396 e. The highest BCUT2D eigenvalue weighted by Crippen LogP contribution is 2.37. The molecule has 2 aromatic carbocycles. The van der Waals surface area contributed by atoms with Crippen LogP contribution in [0.15, 0.2) is 48.2 Å². The van der Waals surface area contributed by atoms with E-state index in [1.54, 1.807) is 12.1 Å². The van der Waals surface area contributed by atoms with E-state index >= 15 is 0 Å². The van der Waals surface area contributed by atoms with E-state index < -0.39 is 16.7 Å². The zero-order valence-electron chi connectivity index (χ0n) is 18.1. The first-order valence-electron chi connectivity index (χ1n) is 10.6. The number of likely N-dealkylation sites (tertiary alicyclic amines) is 1. The number of amides is 2. The van der Waals surface area contributed by atoms with Crippen molar-refractivity contribution in [3.63, 3.8) is 0 Å². The van der Waals surface area contributed by atoms with Gasteiger partial charge in [-0.15, -0.1) is 0 Å². The van der Waals surface area contributed by atoms with Gasteiger partial charge in [-0.3, -0.25) is 19.7 Å². The van der Waals surface area contributed by atoms with Gasteiger partial charge in [-0.2, -0.15) is 0 Å². The molecule has 8 heteroatoms. The predicted molar refractivity (Wildman–Crippen MR) is 120 cm³/mol. The summed E-state index contributed by atoms with van der Waals surface area (Å²) in [6.07, 6.45) is 1.66. The smallest absolute Gasteiger partial charge is 0.282 e. The quantitative estimate of drug-likeness (QED) is 0.439. The van der Waals surface area contributed by atoms with Gasteiger partial charge in [0.1, 0.15) is 5.70 Å². The monoisotopic (exact) mass is 435 g/mol. The Labute approximate surface area is 185 Å². The Bertz CT molecular complexity index is 1100. The van der Waals surface area contributed by atoms with E-state index in [2.05, 4.69) is 0 Å². The van der Waals surface area contributed by atoms with Crippen LogP contribution in [0.2, 0.25) is 0 Å². The Morgan fingerprint density at radius 3 is 2.31 bits per heavy atom. The van der Waals surface area contributed by atoms with Crippen LogP contribution in [-0.4, -0.2) is 46.4 Å². The number of piperidine rings is 1. The van der Waals surface area contributed by atoms with E-state index in [1.807, 2.05) is 24.8 Å². The average molecular weight is 435 g/mol. The number of nitro benzene ring substituents is 1. The van der Waals surface area contributed by atoms with Crippen LogP contribution in [0, 0.1) is 29.9 Å². The van der Waals surface area contributed by atoms with Gasteiger partial charge in [0, 0.05) is 31.8 Å². The molecule has 1 N–H and O–H groups in total. The maximum atomic E-state index is 13.6. The molecule has 1 atom stereocenters. The lowest BCUT2D eigenvalue weighted by atomic mass is 9.97. The van der Waals surface area contributed by atoms with E-state index in [0.29, 0.717) is 30.0 Å². The number of imide groups is 1. The molecule has 1 fully saturated rings. The highest BCUT2D eigenvalue weighted by molar-refractivity contribution is 6.45. The van der Waals surface area contributed by atoms with Crippen molar-refractivity contribution >= 4 is 28.8 Å². The van der Waals surface area contributed by atoms with Gasteiger partial charge < -0.3 is 10.0 Å². The van der Waals surface area contributed by atoms with Crippen LogP contribution >= 0.6 is 0 Å². The fourth-order valence-corrected chi connectivity index (χ4v) is 4.55. The molecule has 2 aromatic rings. The van der Waals surface area contributed by atoms with Gasteiger partial charge in [0.25, 0.3) is 17.5 Å². The zero-order valence-corrected chi connectivity index (χ0v) is 18.1. The van der Waals surface area contributed by atoms with Crippen molar-refractivity contribution in [2.45, 2.75) is 26.7 Å². The average Bonchev–Trinajstić information content (AvgIpc) is 3.03. The van der Waals surface area contributed by atoms with Crippen molar-refractivity contribution < 1.29 is 19.6 Å². The maximum Gasteiger partial charge on any atom is 0.282 e. The topological polar surface area (TPSA) is 104 Å². The number of aliphatic hydroxyl groups excluding tert-OH is 1. The van der Waals surface area contributed by atoms with Crippen LogP contribution < -0.4 is 4.90 Å². The normalized spacial score (nSPS) is 19.2. The number of carbonyl (C=O) groups is 2. The summed E-state index contributed by atoms with van der Waals surface area (Å²) in [5, 5.41) is 20.7. The van der Waals surface area contributed by atoms with Crippen molar-refractivity contribution in [2.24, 2.45) is 5.92 Å². The number of benzene rings is 2. The summed E-state index contributed by atoms with van der Waals surface area (Å²) >= 11 is 0. The summed E-state index contributed by atoms with van der Waals surface area (Å²) in [6.45, 7) is 4.90. The maximum absolute atomic E-state index is 13.6. The predicted octanol–water partition coefficient (Wildman–Crippen LogP) is 3.20. The molecule has 1 unspecified atom stereocenters. The van der Waals surface area contributed by atoms with Gasteiger partial charge in [-0.1, -0.05) is 6.07 Å². The number of aryl methyl sites for hydroxylation is 2. The number of hydrogen-bond donors (Lipinski definition) is 1. The van der Waals surface area contributed by atoms with Crippen molar-refractivity contribution in [3.05, 3.63) is 75.0 Å². The second kappa shape index (κ2) is 8.55. The molecular formula is C24H25N3O5. The lowest BCUT2D eigenvalue weighted by Crippen LogP contribution is -2.40. The minimum Gasteiger partial charge on any atom is -0.396 e. The van der Waals surface area contributed by atoms with Crippen LogP contribution in [0.25, 0.3) is 5.57 Å². The Morgan fingerprint density at radius 1 is 1.06 bits per heavy atom. The second-order valence-corrected chi connectivity index (χ2v) is 8.46. The van der Waals surface area contributed by atoms with Crippen LogP contribution in [0.1, 0.15) is 29.5 Å². The first-order chi connectivity index (χ1) is 15.3. The minimum absolute atomic E-state index is 0.0135. The number of rotatable bonds is 5. The Morgan fingerprint density at radius 2 is 1.72 bits per heavy atom. The van der Waals surface area contributed by atoms with E-state index in [1.165, 1.54) is 29.2 Å². The molecular weight excluding hydrogens is 410 g/mol. The van der Waals surface area contributed by atoms with Crippen LogP contribution in [0.5, 0.6) is 0 Å². The summed E-state index contributed by atoms with van der Waals surface area (Å²) in [4.78, 5) is 40.9. The van der Waals surface area contributed by atoms with Gasteiger partial charge in [-0.25, -0.2) is 4.90 Å². The molecule has 1 saturated heterocycles. The summed E-state index contributed by atoms with van der Waals surface area (Å²) in [7, 11) is 0. The summed E-state index contributed by atoms with van der Waals surface area (Å²) in [5.41, 5.74) is 3.28. The van der Waals surface area contributed by atoms with Gasteiger partial charge >= 0.3 is 0 Å². The molecule has 2 heterocycles. The molecule has 166 valence electrons. The molecule has 0 aliphatic carbocycles. The van der Waals surface area contributed by atoms with Crippen molar-refractivity contribution in [1.82, 2.24) is 4.90 Å². The molecule has 32 heavy (non-hydrogen) atoms. The van der Waals surface area contributed by atoms with E-state index in [-0.39, 0.29) is 23.8 Å². The highest BCUT2D eigenvalue weighted by Gasteiger charge is 2.43. The first-order valence-corrected chi connectivity index (χ1v) is 10.6. The third-order valence-corrected chi connectivity index (χ3v) is 5.98. The number of aliphatic hydroxyl groups is 1. The third-order valence-electron chi connectivity index (χ3n) is 5.98. The third kappa shape index (κ3) is 3.89. The SMILES string of the molecule is Cc1cc(C)cc(N2C(=O)C(c3ccc([N+](=O)[O-])cc3)=C(N3CCCC(CO)C3)C2=O)c1.